The molecule has 21 heavy (non-hydrogen) atoms. The first kappa shape index (κ1) is 14.5. The van der Waals surface area contributed by atoms with E-state index in [2.05, 4.69) is 46.1 Å². The summed E-state index contributed by atoms with van der Waals surface area (Å²) in [7, 11) is 2.04. The number of pyridine rings is 1. The van der Waals surface area contributed by atoms with Gasteiger partial charge in [0.25, 0.3) is 0 Å². The van der Waals surface area contributed by atoms with E-state index in [9.17, 15) is 0 Å². The van der Waals surface area contributed by atoms with Crippen molar-refractivity contribution in [3.05, 3.63) is 35.8 Å². The van der Waals surface area contributed by atoms with Gasteiger partial charge < -0.3 is 9.72 Å². The maximum atomic E-state index is 4.79. The Morgan fingerprint density at radius 2 is 2.14 bits per heavy atom. The molecule has 0 radical (unpaired) electrons. The SMILES string of the molecule is CNCCC1CCN(Cc2cn3cccc(C)c3n2)CC1. The van der Waals surface area contributed by atoms with Gasteiger partial charge in [0.05, 0.1) is 5.69 Å². The molecule has 0 aromatic carbocycles. The molecule has 0 bridgehead atoms. The zero-order valence-electron chi connectivity index (χ0n) is 13.2. The molecule has 1 aliphatic rings. The molecular weight excluding hydrogens is 260 g/mol. The highest BCUT2D eigenvalue weighted by Gasteiger charge is 2.19. The van der Waals surface area contributed by atoms with Gasteiger partial charge in [-0.25, -0.2) is 4.98 Å². The van der Waals surface area contributed by atoms with E-state index in [0.29, 0.717) is 0 Å². The number of nitrogens with one attached hydrogen (secondary N) is 1. The van der Waals surface area contributed by atoms with Crippen LogP contribution >= 0.6 is 0 Å². The third-order valence-corrected chi connectivity index (χ3v) is 4.62. The lowest BCUT2D eigenvalue weighted by Crippen LogP contribution is -2.34. The summed E-state index contributed by atoms with van der Waals surface area (Å²) in [5.74, 6) is 0.900. The first-order valence-corrected chi connectivity index (χ1v) is 8.06. The highest BCUT2D eigenvalue weighted by atomic mass is 15.1. The highest BCUT2D eigenvalue weighted by Crippen LogP contribution is 2.21. The predicted octanol–water partition coefficient (Wildman–Crippen LogP) is 2.46. The number of likely N-dealkylation sites (tertiary alicyclic amines) is 1. The van der Waals surface area contributed by atoms with Crippen molar-refractivity contribution in [1.29, 1.82) is 0 Å². The van der Waals surface area contributed by atoms with Crippen LogP contribution in [0.15, 0.2) is 24.5 Å². The van der Waals surface area contributed by atoms with Crippen LogP contribution in [0.4, 0.5) is 0 Å². The molecule has 3 rings (SSSR count). The fourth-order valence-electron chi connectivity index (χ4n) is 3.29. The molecule has 1 fully saturated rings. The number of aryl methyl sites for hydroxylation is 1. The van der Waals surface area contributed by atoms with Crippen LogP contribution < -0.4 is 5.32 Å². The molecule has 4 heteroatoms. The minimum atomic E-state index is 0.900. The maximum Gasteiger partial charge on any atom is 0.139 e. The molecular formula is C17H26N4. The Balaban J connectivity index is 1.58. The van der Waals surface area contributed by atoms with Crippen LogP contribution in [0.1, 0.15) is 30.5 Å². The van der Waals surface area contributed by atoms with Gasteiger partial charge in [0.2, 0.25) is 0 Å². The van der Waals surface area contributed by atoms with E-state index in [0.717, 1.165) is 24.7 Å². The van der Waals surface area contributed by atoms with Crippen LogP contribution in [0.3, 0.4) is 0 Å². The first-order chi connectivity index (χ1) is 10.3. The number of rotatable bonds is 5. The Kier molecular flexibility index (Phi) is 4.56. The van der Waals surface area contributed by atoms with Gasteiger partial charge in [0.1, 0.15) is 5.65 Å². The highest BCUT2D eigenvalue weighted by molar-refractivity contribution is 5.47. The van der Waals surface area contributed by atoms with Crippen LogP contribution in [0, 0.1) is 12.8 Å². The number of hydrogen-bond acceptors (Lipinski definition) is 3. The molecule has 0 aliphatic carbocycles. The second-order valence-corrected chi connectivity index (χ2v) is 6.27. The van der Waals surface area contributed by atoms with Gasteiger partial charge in [-0.15, -0.1) is 0 Å². The number of fused-ring (bicyclic) bond motifs is 1. The van der Waals surface area contributed by atoms with Gasteiger partial charge in [-0.1, -0.05) is 6.07 Å². The van der Waals surface area contributed by atoms with E-state index in [-0.39, 0.29) is 0 Å². The summed E-state index contributed by atoms with van der Waals surface area (Å²) in [6, 6.07) is 4.21. The van der Waals surface area contributed by atoms with Crippen LogP contribution in [0.2, 0.25) is 0 Å². The lowest BCUT2D eigenvalue weighted by atomic mass is 9.93. The summed E-state index contributed by atoms with van der Waals surface area (Å²) < 4.78 is 2.14. The molecule has 3 heterocycles. The van der Waals surface area contributed by atoms with E-state index in [1.54, 1.807) is 0 Å². The summed E-state index contributed by atoms with van der Waals surface area (Å²) in [4.78, 5) is 7.33. The zero-order chi connectivity index (χ0) is 14.7. The average molecular weight is 286 g/mol. The quantitative estimate of drug-likeness (QED) is 0.916. The maximum absolute atomic E-state index is 4.79. The molecule has 2 aromatic rings. The minimum Gasteiger partial charge on any atom is -0.320 e. The molecule has 2 aromatic heterocycles. The lowest BCUT2D eigenvalue weighted by molar-refractivity contribution is 0.171. The number of aromatic nitrogens is 2. The van der Waals surface area contributed by atoms with Crippen molar-refractivity contribution in [1.82, 2.24) is 19.6 Å². The van der Waals surface area contributed by atoms with Crippen molar-refractivity contribution in [2.45, 2.75) is 32.7 Å². The summed E-state index contributed by atoms with van der Waals surface area (Å²) in [5, 5.41) is 3.26. The third-order valence-electron chi connectivity index (χ3n) is 4.62. The van der Waals surface area contributed by atoms with E-state index in [4.69, 9.17) is 4.98 Å². The second-order valence-electron chi connectivity index (χ2n) is 6.27. The molecule has 1 N–H and O–H groups in total. The molecule has 4 nitrogen and oxygen atoms in total. The minimum absolute atomic E-state index is 0.900. The number of piperidine rings is 1. The Labute approximate surface area is 127 Å². The van der Waals surface area contributed by atoms with Gasteiger partial charge in [0, 0.05) is 18.9 Å². The number of hydrogen-bond donors (Lipinski definition) is 1. The Morgan fingerprint density at radius 1 is 1.33 bits per heavy atom. The largest absolute Gasteiger partial charge is 0.320 e. The van der Waals surface area contributed by atoms with Crippen molar-refractivity contribution < 1.29 is 0 Å². The van der Waals surface area contributed by atoms with Crippen molar-refractivity contribution in [2.24, 2.45) is 5.92 Å². The van der Waals surface area contributed by atoms with Crippen molar-refractivity contribution in [3.63, 3.8) is 0 Å². The van der Waals surface area contributed by atoms with E-state index in [1.807, 2.05) is 7.05 Å². The van der Waals surface area contributed by atoms with Crippen LogP contribution in [-0.2, 0) is 6.54 Å². The topological polar surface area (TPSA) is 32.6 Å². The molecule has 1 saturated heterocycles. The molecule has 0 spiro atoms. The first-order valence-electron chi connectivity index (χ1n) is 8.06. The molecule has 0 unspecified atom stereocenters. The van der Waals surface area contributed by atoms with E-state index in [1.165, 1.54) is 43.6 Å². The molecule has 0 atom stereocenters. The lowest BCUT2D eigenvalue weighted by Gasteiger charge is -2.31. The van der Waals surface area contributed by atoms with Gasteiger partial charge in [-0.05, 0) is 70.4 Å². The van der Waals surface area contributed by atoms with Gasteiger partial charge in [0.15, 0.2) is 0 Å². The molecule has 0 amide bonds. The third kappa shape index (κ3) is 3.44. The van der Waals surface area contributed by atoms with Gasteiger partial charge >= 0.3 is 0 Å². The second kappa shape index (κ2) is 6.58. The van der Waals surface area contributed by atoms with Crippen molar-refractivity contribution in [2.75, 3.05) is 26.7 Å². The normalized spacial score (nSPS) is 17.6. The average Bonchev–Trinajstić information content (AvgIpc) is 2.91. The molecule has 114 valence electrons. The molecule has 0 saturated carbocycles. The Morgan fingerprint density at radius 3 is 2.86 bits per heavy atom. The summed E-state index contributed by atoms with van der Waals surface area (Å²) in [5.41, 5.74) is 3.53. The van der Waals surface area contributed by atoms with Crippen molar-refractivity contribution in [3.8, 4) is 0 Å². The van der Waals surface area contributed by atoms with Crippen LogP contribution in [0.5, 0.6) is 0 Å². The standard InChI is InChI=1S/C17H26N4/c1-14-4-3-9-21-13-16(19-17(14)21)12-20-10-6-15(7-11-20)5-8-18-2/h3-4,9,13,15,18H,5-8,10-12H2,1-2H3. The number of imidazole rings is 1. The Hall–Kier alpha value is -1.39. The van der Waals surface area contributed by atoms with Crippen molar-refractivity contribution >= 4 is 5.65 Å². The monoisotopic (exact) mass is 286 g/mol. The summed E-state index contributed by atoms with van der Waals surface area (Å²) in [6.07, 6.45) is 8.23. The zero-order valence-corrected chi connectivity index (χ0v) is 13.2. The van der Waals surface area contributed by atoms with E-state index < -0.39 is 0 Å². The fourth-order valence-corrected chi connectivity index (χ4v) is 3.29. The van der Waals surface area contributed by atoms with Gasteiger partial charge in [-0.3, -0.25) is 4.90 Å². The summed E-state index contributed by atoms with van der Waals surface area (Å²) >= 11 is 0. The smallest absolute Gasteiger partial charge is 0.139 e. The Bertz CT molecular complexity index is 581. The van der Waals surface area contributed by atoms with E-state index >= 15 is 0 Å². The fraction of sp³-hybridized carbons (Fsp3) is 0.588. The van der Waals surface area contributed by atoms with Crippen LogP contribution in [0.25, 0.3) is 5.65 Å². The number of nitrogens with zero attached hydrogens (tertiary/aromatic N) is 3. The van der Waals surface area contributed by atoms with Crippen LogP contribution in [-0.4, -0.2) is 41.0 Å². The summed E-state index contributed by atoms with van der Waals surface area (Å²) in [6.45, 7) is 6.68. The predicted molar refractivity (Wildman–Crippen MR) is 86.5 cm³/mol. The molecule has 1 aliphatic heterocycles. The van der Waals surface area contributed by atoms with Gasteiger partial charge in [-0.2, -0.15) is 0 Å².